The van der Waals surface area contributed by atoms with E-state index in [1.54, 1.807) is 0 Å². The van der Waals surface area contributed by atoms with Gasteiger partial charge in [-0.15, -0.1) is 0 Å². The number of halogens is 4. The lowest BCUT2D eigenvalue weighted by Gasteiger charge is -2.43. The van der Waals surface area contributed by atoms with Crippen LogP contribution in [-0.2, 0) is 0 Å². The summed E-state index contributed by atoms with van der Waals surface area (Å²) in [5.41, 5.74) is -5.59. The Labute approximate surface area is 126 Å². The van der Waals surface area contributed by atoms with Crippen LogP contribution in [0.2, 0.25) is 0 Å². The van der Waals surface area contributed by atoms with Crippen molar-refractivity contribution in [2.75, 3.05) is 0 Å². The molecule has 21 heavy (non-hydrogen) atoms. The van der Waals surface area contributed by atoms with Crippen LogP contribution >= 0.6 is 0 Å². The second-order valence-electron chi connectivity index (χ2n) is 9.23. The molecule has 0 N–H and O–H groups in total. The van der Waals surface area contributed by atoms with E-state index in [1.807, 2.05) is 20.8 Å². The van der Waals surface area contributed by atoms with Gasteiger partial charge in [0.25, 0.3) is 5.92 Å². The molecule has 4 heteroatoms. The second-order valence-corrected chi connectivity index (χ2v) is 9.23. The number of hydrogen-bond donors (Lipinski definition) is 0. The molecule has 0 heterocycles. The number of rotatable bonds is 5. The Morgan fingerprint density at radius 1 is 1.05 bits per heavy atom. The molecule has 0 aromatic rings. The monoisotopic (exact) mass is 310 g/mol. The summed E-state index contributed by atoms with van der Waals surface area (Å²) in [4.78, 5) is 0. The summed E-state index contributed by atoms with van der Waals surface area (Å²) in [5.74, 6) is -4.47. The first-order valence-corrected chi connectivity index (χ1v) is 7.70. The quantitative estimate of drug-likeness (QED) is 0.531. The third kappa shape index (κ3) is 2.96. The van der Waals surface area contributed by atoms with Gasteiger partial charge in [0.05, 0.1) is 0 Å². The predicted molar refractivity (Wildman–Crippen MR) is 79.1 cm³/mol. The van der Waals surface area contributed by atoms with Crippen LogP contribution in [0.25, 0.3) is 0 Å². The fourth-order valence-electron chi connectivity index (χ4n) is 3.11. The minimum Gasteiger partial charge on any atom is -0.247 e. The van der Waals surface area contributed by atoms with Crippen LogP contribution in [-0.4, -0.2) is 17.8 Å². The normalized spacial score (nSPS) is 29.1. The van der Waals surface area contributed by atoms with E-state index in [9.17, 15) is 17.6 Å². The maximum atomic E-state index is 14.8. The van der Waals surface area contributed by atoms with E-state index in [2.05, 4.69) is 0 Å². The molecule has 3 unspecified atom stereocenters. The highest BCUT2D eigenvalue weighted by Crippen LogP contribution is 2.70. The highest BCUT2D eigenvalue weighted by molar-refractivity contribution is 5.22. The van der Waals surface area contributed by atoms with Crippen molar-refractivity contribution in [3.05, 3.63) is 0 Å². The van der Waals surface area contributed by atoms with Gasteiger partial charge in [0, 0.05) is 10.8 Å². The zero-order valence-electron chi connectivity index (χ0n) is 14.6. The SMILES string of the molecule is CC(C(F)CC(C)(C)C)C(C)(C)C(F)(F)C1(F)CC1(C)C. The average Bonchev–Trinajstić information content (AvgIpc) is 2.76. The highest BCUT2D eigenvalue weighted by atomic mass is 19.3. The van der Waals surface area contributed by atoms with Gasteiger partial charge in [-0.1, -0.05) is 55.4 Å². The van der Waals surface area contributed by atoms with Crippen LogP contribution in [0.5, 0.6) is 0 Å². The van der Waals surface area contributed by atoms with Gasteiger partial charge in [0.15, 0.2) is 5.67 Å². The zero-order valence-corrected chi connectivity index (χ0v) is 14.6. The van der Waals surface area contributed by atoms with E-state index < -0.39 is 34.5 Å². The van der Waals surface area contributed by atoms with Crippen molar-refractivity contribution in [1.82, 2.24) is 0 Å². The van der Waals surface area contributed by atoms with Gasteiger partial charge in [-0.2, -0.15) is 0 Å². The van der Waals surface area contributed by atoms with Crippen LogP contribution in [0.1, 0.15) is 68.2 Å². The van der Waals surface area contributed by atoms with Gasteiger partial charge in [-0.3, -0.25) is 0 Å². The Balaban J connectivity index is 2.99. The van der Waals surface area contributed by atoms with Gasteiger partial charge >= 0.3 is 0 Å². The van der Waals surface area contributed by atoms with Crippen molar-refractivity contribution in [1.29, 1.82) is 0 Å². The molecule has 0 aromatic carbocycles. The zero-order chi connectivity index (χ0) is 17.1. The standard InChI is InChI=1S/C17H30F4/c1-11(12(18)9-13(2,3)4)15(7,8)17(20,21)16(19)10-14(16,5)6/h11-12H,9-10H2,1-8H3. The average molecular weight is 310 g/mol. The molecule has 0 amide bonds. The van der Waals surface area contributed by atoms with Crippen molar-refractivity contribution in [2.24, 2.45) is 22.2 Å². The molecule has 1 fully saturated rings. The molecule has 3 atom stereocenters. The molecule has 1 aliphatic carbocycles. The summed E-state index contributed by atoms with van der Waals surface area (Å²) in [7, 11) is 0. The molecule has 0 spiro atoms. The van der Waals surface area contributed by atoms with Crippen LogP contribution < -0.4 is 0 Å². The minimum atomic E-state index is -3.55. The molecule has 126 valence electrons. The molecule has 1 aliphatic rings. The topological polar surface area (TPSA) is 0 Å². The van der Waals surface area contributed by atoms with Crippen LogP contribution in [0, 0.1) is 22.2 Å². The van der Waals surface area contributed by atoms with Crippen LogP contribution in [0.3, 0.4) is 0 Å². The molecular formula is C17H30F4. The number of alkyl halides is 4. The summed E-state index contributed by atoms with van der Waals surface area (Å²) in [6.45, 7) is 12.7. The van der Waals surface area contributed by atoms with E-state index in [0.717, 1.165) is 0 Å². The van der Waals surface area contributed by atoms with E-state index in [1.165, 1.54) is 34.6 Å². The Morgan fingerprint density at radius 3 is 1.71 bits per heavy atom. The number of hydrogen-bond acceptors (Lipinski definition) is 0. The Bertz CT molecular complexity index is 392. The van der Waals surface area contributed by atoms with Gasteiger partial charge in [-0.25, -0.2) is 17.6 Å². The maximum absolute atomic E-state index is 14.8. The first kappa shape index (κ1) is 18.8. The molecule has 0 aromatic heterocycles. The molecule has 0 radical (unpaired) electrons. The van der Waals surface area contributed by atoms with Gasteiger partial charge in [-0.05, 0) is 24.2 Å². The van der Waals surface area contributed by atoms with Crippen molar-refractivity contribution < 1.29 is 17.6 Å². The van der Waals surface area contributed by atoms with Crippen molar-refractivity contribution in [3.8, 4) is 0 Å². The fourth-order valence-corrected chi connectivity index (χ4v) is 3.11. The van der Waals surface area contributed by atoms with Crippen LogP contribution in [0.15, 0.2) is 0 Å². The Hall–Kier alpha value is -0.280. The maximum Gasteiger partial charge on any atom is 0.287 e. The third-order valence-corrected chi connectivity index (χ3v) is 5.43. The molecular weight excluding hydrogens is 280 g/mol. The van der Waals surface area contributed by atoms with E-state index >= 15 is 0 Å². The van der Waals surface area contributed by atoms with Gasteiger partial charge < -0.3 is 0 Å². The lowest BCUT2D eigenvalue weighted by Crippen LogP contribution is -2.53. The molecule has 0 bridgehead atoms. The Morgan fingerprint density at radius 2 is 1.43 bits per heavy atom. The molecule has 1 rings (SSSR count). The lowest BCUT2D eigenvalue weighted by atomic mass is 9.67. The fraction of sp³-hybridized carbons (Fsp3) is 1.00. The van der Waals surface area contributed by atoms with Crippen molar-refractivity contribution in [2.45, 2.75) is 86.0 Å². The van der Waals surface area contributed by atoms with Gasteiger partial charge in [0.2, 0.25) is 0 Å². The van der Waals surface area contributed by atoms with E-state index in [-0.39, 0.29) is 18.3 Å². The first-order chi connectivity index (χ1) is 9.00. The predicted octanol–water partition coefficient (Wildman–Crippen LogP) is 6.20. The first-order valence-electron chi connectivity index (χ1n) is 7.70. The van der Waals surface area contributed by atoms with E-state index in [0.29, 0.717) is 0 Å². The second kappa shape index (κ2) is 4.86. The summed E-state index contributed by atoms with van der Waals surface area (Å²) >= 11 is 0. The van der Waals surface area contributed by atoms with Crippen molar-refractivity contribution in [3.63, 3.8) is 0 Å². The summed E-state index contributed by atoms with van der Waals surface area (Å²) in [6, 6.07) is 0. The van der Waals surface area contributed by atoms with Gasteiger partial charge in [0.1, 0.15) is 6.17 Å². The molecule has 0 saturated heterocycles. The molecule has 1 saturated carbocycles. The van der Waals surface area contributed by atoms with Crippen LogP contribution in [0.4, 0.5) is 17.6 Å². The van der Waals surface area contributed by atoms with Crippen molar-refractivity contribution >= 4 is 0 Å². The highest BCUT2D eigenvalue weighted by Gasteiger charge is 2.80. The minimum absolute atomic E-state index is 0.167. The lowest BCUT2D eigenvalue weighted by molar-refractivity contribution is -0.204. The smallest absolute Gasteiger partial charge is 0.247 e. The largest absolute Gasteiger partial charge is 0.287 e. The Kier molecular flexibility index (Phi) is 4.34. The molecule has 0 nitrogen and oxygen atoms in total. The van der Waals surface area contributed by atoms with E-state index in [4.69, 9.17) is 0 Å². The third-order valence-electron chi connectivity index (χ3n) is 5.43. The summed E-state index contributed by atoms with van der Waals surface area (Å²) in [6.07, 6.45) is -1.35. The summed E-state index contributed by atoms with van der Waals surface area (Å²) in [5, 5.41) is 0. The summed E-state index contributed by atoms with van der Waals surface area (Å²) < 4.78 is 58.6. The molecule has 0 aliphatic heterocycles.